The lowest BCUT2D eigenvalue weighted by atomic mass is 9.81. The summed E-state index contributed by atoms with van der Waals surface area (Å²) in [7, 11) is 0. The van der Waals surface area contributed by atoms with Gasteiger partial charge in [-0.3, -0.25) is 0 Å². The minimum absolute atomic E-state index is 0.976. The Morgan fingerprint density at radius 2 is 0.846 bits per heavy atom. The van der Waals surface area contributed by atoms with E-state index in [1.54, 1.807) is 0 Å². The van der Waals surface area contributed by atoms with E-state index in [1.165, 1.54) is 125 Å². The van der Waals surface area contributed by atoms with Crippen LogP contribution in [0.15, 0.2) is 0 Å². The van der Waals surface area contributed by atoms with Gasteiger partial charge >= 0.3 is 0 Å². The maximum Gasteiger partial charge on any atom is 0.142 e. The summed E-state index contributed by atoms with van der Waals surface area (Å²) < 4.78 is 3.01. The summed E-state index contributed by atoms with van der Waals surface area (Å²) in [5, 5.41) is 0. The van der Waals surface area contributed by atoms with Crippen molar-refractivity contribution in [1.29, 1.82) is 0 Å². The lowest BCUT2D eigenvalue weighted by molar-refractivity contribution is -1.07. The highest BCUT2D eigenvalue weighted by Gasteiger charge is 2.56. The second kappa shape index (κ2) is 11.1. The average Bonchev–Trinajstić information content (AvgIpc) is 2.69. The standard InChI is InChI=1S/C24H50N2/c1-5-9-17-25(18-10-6-2)21-22-26(19-11-7-3,20-12-8-4)24-16-14-13-15-23(24)25/h23-24H,5-22H2,1-4H3/q+2/t23-,24-/m1/s1. The second-order valence-electron chi connectivity index (χ2n) is 9.61. The number of fused-ring (bicyclic) bond motifs is 1. The summed E-state index contributed by atoms with van der Waals surface area (Å²) in [5.74, 6) is 0. The van der Waals surface area contributed by atoms with E-state index in [4.69, 9.17) is 0 Å². The second-order valence-corrected chi connectivity index (χ2v) is 9.61. The van der Waals surface area contributed by atoms with Crippen molar-refractivity contribution in [2.45, 2.75) is 117 Å². The summed E-state index contributed by atoms with van der Waals surface area (Å²) in [6.45, 7) is 18.4. The molecule has 2 rings (SSSR count). The van der Waals surface area contributed by atoms with Crippen molar-refractivity contribution >= 4 is 0 Å². The zero-order valence-corrected chi connectivity index (χ0v) is 18.8. The van der Waals surface area contributed by atoms with E-state index < -0.39 is 0 Å². The number of rotatable bonds is 12. The lowest BCUT2D eigenvalue weighted by Crippen LogP contribution is -2.77. The number of piperazine rings is 1. The van der Waals surface area contributed by atoms with E-state index in [0.29, 0.717) is 0 Å². The van der Waals surface area contributed by atoms with Gasteiger partial charge in [-0.2, -0.15) is 0 Å². The molecule has 1 saturated heterocycles. The van der Waals surface area contributed by atoms with Crippen molar-refractivity contribution in [3.8, 4) is 0 Å². The molecule has 1 saturated carbocycles. The minimum Gasteiger partial charge on any atom is -0.312 e. The third-order valence-corrected chi connectivity index (χ3v) is 7.92. The third-order valence-electron chi connectivity index (χ3n) is 7.92. The van der Waals surface area contributed by atoms with Gasteiger partial charge in [-0.25, -0.2) is 0 Å². The summed E-state index contributed by atoms with van der Waals surface area (Å²) >= 11 is 0. The van der Waals surface area contributed by atoms with Gasteiger partial charge < -0.3 is 8.97 Å². The zero-order chi connectivity index (χ0) is 18.9. The molecule has 0 N–H and O–H groups in total. The van der Waals surface area contributed by atoms with Gasteiger partial charge in [-0.05, 0) is 38.5 Å². The van der Waals surface area contributed by atoms with Gasteiger partial charge in [0.25, 0.3) is 0 Å². The molecule has 0 radical (unpaired) electrons. The van der Waals surface area contributed by atoms with Crippen molar-refractivity contribution < 1.29 is 8.97 Å². The fraction of sp³-hybridized carbons (Fsp3) is 1.00. The molecule has 0 bridgehead atoms. The molecule has 0 spiro atoms. The minimum atomic E-state index is 0.976. The number of quaternary nitrogens is 2. The summed E-state index contributed by atoms with van der Waals surface area (Å²) in [5.41, 5.74) is 0. The first-order valence-electron chi connectivity index (χ1n) is 12.4. The van der Waals surface area contributed by atoms with Crippen LogP contribution >= 0.6 is 0 Å². The molecule has 0 unspecified atom stereocenters. The van der Waals surface area contributed by atoms with Gasteiger partial charge in [-0.15, -0.1) is 0 Å². The van der Waals surface area contributed by atoms with Crippen LogP contribution in [0.3, 0.4) is 0 Å². The van der Waals surface area contributed by atoms with Crippen LogP contribution in [0.4, 0.5) is 0 Å². The highest BCUT2D eigenvalue weighted by Crippen LogP contribution is 2.41. The first-order chi connectivity index (χ1) is 12.7. The molecule has 26 heavy (non-hydrogen) atoms. The van der Waals surface area contributed by atoms with Crippen molar-refractivity contribution in [3.05, 3.63) is 0 Å². The van der Waals surface area contributed by atoms with Crippen LogP contribution in [0.25, 0.3) is 0 Å². The molecule has 154 valence electrons. The van der Waals surface area contributed by atoms with Crippen LogP contribution < -0.4 is 0 Å². The predicted molar refractivity (Wildman–Crippen MR) is 115 cm³/mol. The molecule has 0 amide bonds. The monoisotopic (exact) mass is 366 g/mol. The van der Waals surface area contributed by atoms with Gasteiger partial charge in [-0.1, -0.05) is 53.4 Å². The molecule has 2 heteroatoms. The molecular weight excluding hydrogens is 316 g/mol. The highest BCUT2D eigenvalue weighted by atomic mass is 15.5. The third kappa shape index (κ3) is 5.04. The van der Waals surface area contributed by atoms with Gasteiger partial charge in [0.15, 0.2) is 0 Å². The SMILES string of the molecule is CCCC[N+]1(CCCC)CC[N+](CCCC)(CCCC)[C@@H]2CCCC[C@H]21. The van der Waals surface area contributed by atoms with Crippen molar-refractivity contribution in [2.24, 2.45) is 0 Å². The molecule has 0 aromatic heterocycles. The quantitative estimate of drug-likeness (QED) is 0.364. The molecule has 2 atom stereocenters. The zero-order valence-electron chi connectivity index (χ0n) is 18.8. The lowest BCUT2D eigenvalue weighted by Gasteiger charge is -2.60. The Morgan fingerprint density at radius 3 is 1.12 bits per heavy atom. The number of hydrogen-bond donors (Lipinski definition) is 0. The van der Waals surface area contributed by atoms with Crippen molar-refractivity contribution in [3.63, 3.8) is 0 Å². The summed E-state index contributed by atoms with van der Waals surface area (Å²) in [4.78, 5) is 0. The van der Waals surface area contributed by atoms with E-state index in [-0.39, 0.29) is 0 Å². The Balaban J connectivity index is 2.28. The van der Waals surface area contributed by atoms with Gasteiger partial charge in [0.05, 0.1) is 26.2 Å². The maximum absolute atomic E-state index is 2.39. The fourth-order valence-electron chi connectivity index (χ4n) is 6.33. The molecular formula is C24H50N2+2. The van der Waals surface area contributed by atoms with Crippen LogP contribution in [0, 0.1) is 0 Å². The largest absolute Gasteiger partial charge is 0.312 e. The number of nitrogens with zero attached hydrogens (tertiary/aromatic N) is 2. The number of hydrogen-bond acceptors (Lipinski definition) is 0. The van der Waals surface area contributed by atoms with Crippen LogP contribution in [-0.2, 0) is 0 Å². The van der Waals surface area contributed by atoms with E-state index in [2.05, 4.69) is 27.7 Å². The van der Waals surface area contributed by atoms with Crippen LogP contribution in [0.2, 0.25) is 0 Å². The highest BCUT2D eigenvalue weighted by molar-refractivity contribution is 4.83. The summed E-state index contributed by atoms with van der Waals surface area (Å²) in [6.07, 6.45) is 17.3. The maximum atomic E-state index is 2.39. The molecule has 0 aromatic rings. The molecule has 1 aliphatic carbocycles. The Bertz CT molecular complexity index is 326. The molecule has 0 aromatic carbocycles. The Hall–Kier alpha value is -0.0800. The summed E-state index contributed by atoms with van der Waals surface area (Å²) in [6, 6.07) is 1.95. The normalized spacial score (nSPS) is 27.2. The molecule has 2 nitrogen and oxygen atoms in total. The fourth-order valence-corrected chi connectivity index (χ4v) is 6.33. The molecule has 1 aliphatic heterocycles. The smallest absolute Gasteiger partial charge is 0.142 e. The first-order valence-corrected chi connectivity index (χ1v) is 12.4. The van der Waals surface area contributed by atoms with Crippen LogP contribution in [0.1, 0.15) is 105 Å². The molecule has 2 aliphatic rings. The molecule has 2 fully saturated rings. The van der Waals surface area contributed by atoms with Crippen LogP contribution in [-0.4, -0.2) is 60.3 Å². The average molecular weight is 367 g/mol. The number of unbranched alkanes of at least 4 members (excludes halogenated alkanes) is 4. The topological polar surface area (TPSA) is 0 Å². The first kappa shape index (κ1) is 22.2. The van der Waals surface area contributed by atoms with Gasteiger partial charge in [0, 0.05) is 12.8 Å². The van der Waals surface area contributed by atoms with Crippen molar-refractivity contribution in [2.75, 3.05) is 39.3 Å². The molecule has 1 heterocycles. The van der Waals surface area contributed by atoms with E-state index in [9.17, 15) is 0 Å². The van der Waals surface area contributed by atoms with Crippen molar-refractivity contribution in [1.82, 2.24) is 0 Å². The Kier molecular flexibility index (Phi) is 9.44. The van der Waals surface area contributed by atoms with Gasteiger partial charge in [0.2, 0.25) is 0 Å². The van der Waals surface area contributed by atoms with E-state index >= 15 is 0 Å². The van der Waals surface area contributed by atoms with Crippen LogP contribution in [0.5, 0.6) is 0 Å². The Morgan fingerprint density at radius 1 is 0.538 bits per heavy atom. The van der Waals surface area contributed by atoms with E-state index in [0.717, 1.165) is 12.1 Å². The van der Waals surface area contributed by atoms with Gasteiger partial charge in [0.1, 0.15) is 25.2 Å². The Labute approximate surface area is 165 Å². The predicted octanol–water partition coefficient (Wildman–Crippen LogP) is 6.15. The van der Waals surface area contributed by atoms with E-state index in [1.807, 2.05) is 0 Å².